The second kappa shape index (κ2) is 7.00. The van der Waals surface area contributed by atoms with Crippen LogP contribution in [0.1, 0.15) is 18.9 Å². The number of benzene rings is 1. The molecule has 1 fully saturated rings. The molecule has 1 saturated heterocycles. The number of rotatable bonds is 5. The Balaban J connectivity index is 2.35. The molecular weight excluding hydrogens is 310 g/mol. The molecule has 1 unspecified atom stereocenters. The Bertz CT molecular complexity index is 589. The first-order chi connectivity index (χ1) is 10.0. The van der Waals surface area contributed by atoms with Gasteiger partial charge in [0.25, 0.3) is 0 Å². The van der Waals surface area contributed by atoms with Crippen molar-refractivity contribution < 1.29 is 18.3 Å². The lowest BCUT2D eigenvalue weighted by Gasteiger charge is -2.31. The number of aliphatic hydroxyl groups is 1. The van der Waals surface area contributed by atoms with Gasteiger partial charge in [-0.25, -0.2) is 8.42 Å². The number of thioether (sulfide) groups is 1. The van der Waals surface area contributed by atoms with E-state index in [9.17, 15) is 8.42 Å². The fraction of sp³-hybridized carbons (Fsp3) is 0.571. The minimum atomic E-state index is -3.56. The summed E-state index contributed by atoms with van der Waals surface area (Å²) in [6, 6.07) is 4.71. The Kier molecular flexibility index (Phi) is 5.54. The van der Waals surface area contributed by atoms with Gasteiger partial charge in [0.15, 0.2) is 0 Å². The van der Waals surface area contributed by atoms with Gasteiger partial charge in [-0.3, -0.25) is 0 Å². The first-order valence-corrected chi connectivity index (χ1v) is 9.41. The highest BCUT2D eigenvalue weighted by Gasteiger charge is 2.32. The fourth-order valence-electron chi connectivity index (χ4n) is 2.32. The maximum atomic E-state index is 12.8. The van der Waals surface area contributed by atoms with Crippen LogP contribution in [0.2, 0.25) is 0 Å². The number of sulfonamides is 1. The van der Waals surface area contributed by atoms with Gasteiger partial charge >= 0.3 is 0 Å². The molecule has 0 amide bonds. The van der Waals surface area contributed by atoms with Crippen LogP contribution in [0.5, 0.6) is 5.75 Å². The third-order valence-electron chi connectivity index (χ3n) is 3.59. The highest BCUT2D eigenvalue weighted by atomic mass is 32.2. The summed E-state index contributed by atoms with van der Waals surface area (Å²) < 4.78 is 32.3. The van der Waals surface area contributed by atoms with Crippen LogP contribution in [-0.4, -0.2) is 49.0 Å². The van der Waals surface area contributed by atoms with Crippen LogP contribution in [0.4, 0.5) is 0 Å². The van der Waals surface area contributed by atoms with Crippen LogP contribution in [0.25, 0.3) is 0 Å². The first-order valence-electron chi connectivity index (χ1n) is 6.92. The summed E-state index contributed by atoms with van der Waals surface area (Å²) >= 11 is 1.82. The lowest BCUT2D eigenvalue weighted by Crippen LogP contribution is -2.41. The first kappa shape index (κ1) is 16.6. The Morgan fingerprint density at radius 2 is 2.24 bits per heavy atom. The van der Waals surface area contributed by atoms with Crippen LogP contribution in [0, 0.1) is 0 Å². The van der Waals surface area contributed by atoms with Crippen LogP contribution in [-0.2, 0) is 16.6 Å². The molecule has 1 aromatic rings. The van der Waals surface area contributed by atoms with E-state index in [1.165, 1.54) is 17.5 Å². The molecule has 0 radical (unpaired) electrons. The van der Waals surface area contributed by atoms with Crippen LogP contribution in [0.15, 0.2) is 23.1 Å². The van der Waals surface area contributed by atoms with Gasteiger partial charge in [0.1, 0.15) is 10.6 Å². The number of hydrogen-bond acceptors (Lipinski definition) is 5. The van der Waals surface area contributed by atoms with Gasteiger partial charge in [0.05, 0.1) is 13.7 Å². The zero-order chi connectivity index (χ0) is 15.5. The topological polar surface area (TPSA) is 66.8 Å². The van der Waals surface area contributed by atoms with E-state index < -0.39 is 10.0 Å². The molecule has 1 aliphatic heterocycles. The van der Waals surface area contributed by atoms with Gasteiger partial charge in [-0.15, -0.1) is 0 Å². The third kappa shape index (κ3) is 3.53. The van der Waals surface area contributed by atoms with E-state index in [1.807, 2.05) is 11.8 Å². The van der Waals surface area contributed by atoms with Gasteiger partial charge in [-0.05, 0) is 24.1 Å². The summed E-state index contributed by atoms with van der Waals surface area (Å²) in [4.78, 5) is 0.170. The summed E-state index contributed by atoms with van der Waals surface area (Å²) in [5.74, 6) is 1.10. The van der Waals surface area contributed by atoms with Gasteiger partial charge in [-0.1, -0.05) is 13.0 Å². The highest BCUT2D eigenvalue weighted by molar-refractivity contribution is 8.00. The van der Waals surface area contributed by atoms with E-state index in [2.05, 4.69) is 6.92 Å². The predicted molar refractivity (Wildman–Crippen MR) is 84.2 cm³/mol. The molecule has 21 heavy (non-hydrogen) atoms. The van der Waals surface area contributed by atoms with E-state index >= 15 is 0 Å². The number of nitrogens with zero attached hydrogens (tertiary/aromatic N) is 1. The van der Waals surface area contributed by atoms with Crippen molar-refractivity contribution in [2.75, 3.05) is 26.0 Å². The minimum Gasteiger partial charge on any atom is -0.495 e. The molecule has 0 saturated carbocycles. The van der Waals surface area contributed by atoms with E-state index in [-0.39, 0.29) is 17.3 Å². The largest absolute Gasteiger partial charge is 0.495 e. The predicted octanol–water partition coefficient (Wildman–Crippen LogP) is 1.70. The fourth-order valence-corrected chi connectivity index (χ4v) is 5.33. The average molecular weight is 331 g/mol. The summed E-state index contributed by atoms with van der Waals surface area (Å²) in [5, 5.41) is 9.49. The molecule has 1 aromatic carbocycles. The minimum absolute atomic E-state index is 0.144. The van der Waals surface area contributed by atoms with Crippen molar-refractivity contribution in [2.24, 2.45) is 0 Å². The zero-order valence-electron chi connectivity index (χ0n) is 12.3. The Morgan fingerprint density at radius 3 is 2.86 bits per heavy atom. The molecule has 0 bridgehead atoms. The van der Waals surface area contributed by atoms with Crippen molar-refractivity contribution in [3.8, 4) is 5.75 Å². The standard InChI is InChI=1S/C14H21NO4S2/c1-3-12-9-15(6-7-20-12)21(17,18)14-5-4-11(10-16)8-13(14)19-2/h4-5,8,12,16H,3,6-7,9-10H2,1-2H3. The molecule has 7 heteroatoms. The molecular formula is C14H21NO4S2. The smallest absolute Gasteiger partial charge is 0.246 e. The highest BCUT2D eigenvalue weighted by Crippen LogP contribution is 2.31. The van der Waals surface area contributed by atoms with Gasteiger partial charge in [0.2, 0.25) is 10.0 Å². The summed E-state index contributed by atoms with van der Waals surface area (Å²) in [6.45, 7) is 2.99. The Labute approximate surface area is 130 Å². The lowest BCUT2D eigenvalue weighted by atomic mass is 10.2. The van der Waals surface area contributed by atoms with Gasteiger partial charge in [0, 0.05) is 24.1 Å². The molecule has 0 aliphatic carbocycles. The van der Waals surface area contributed by atoms with Crippen molar-refractivity contribution in [1.29, 1.82) is 0 Å². The van der Waals surface area contributed by atoms with Crippen LogP contribution in [0.3, 0.4) is 0 Å². The van der Waals surface area contributed by atoms with Crippen LogP contribution >= 0.6 is 11.8 Å². The second-order valence-electron chi connectivity index (χ2n) is 4.91. The monoisotopic (exact) mass is 331 g/mol. The average Bonchev–Trinajstić information content (AvgIpc) is 2.54. The van der Waals surface area contributed by atoms with Gasteiger partial charge in [-0.2, -0.15) is 16.1 Å². The molecule has 1 aliphatic rings. The van der Waals surface area contributed by atoms with Crippen molar-refractivity contribution in [1.82, 2.24) is 4.31 Å². The SMILES string of the molecule is CCC1CN(S(=O)(=O)c2ccc(CO)cc2OC)CCS1. The summed E-state index contributed by atoms with van der Waals surface area (Å²) in [7, 11) is -2.12. The van der Waals surface area contributed by atoms with E-state index in [0.717, 1.165) is 12.2 Å². The van der Waals surface area contributed by atoms with Crippen molar-refractivity contribution >= 4 is 21.8 Å². The van der Waals surface area contributed by atoms with Gasteiger partial charge < -0.3 is 9.84 Å². The maximum absolute atomic E-state index is 12.8. The van der Waals surface area contributed by atoms with E-state index in [1.54, 1.807) is 12.1 Å². The molecule has 118 valence electrons. The number of methoxy groups -OCH3 is 1. The van der Waals surface area contributed by atoms with Crippen molar-refractivity contribution in [3.05, 3.63) is 23.8 Å². The third-order valence-corrected chi connectivity index (χ3v) is 6.86. The maximum Gasteiger partial charge on any atom is 0.246 e. The van der Waals surface area contributed by atoms with Crippen LogP contribution < -0.4 is 4.74 Å². The molecule has 0 aromatic heterocycles. The Hall–Kier alpha value is -0.760. The lowest BCUT2D eigenvalue weighted by molar-refractivity contribution is 0.280. The summed E-state index contributed by atoms with van der Waals surface area (Å²) in [6.07, 6.45) is 0.956. The molecule has 5 nitrogen and oxygen atoms in total. The summed E-state index contributed by atoms with van der Waals surface area (Å²) in [5.41, 5.74) is 0.631. The molecule has 1 atom stereocenters. The van der Waals surface area contributed by atoms with E-state index in [0.29, 0.717) is 23.9 Å². The second-order valence-corrected chi connectivity index (χ2v) is 8.22. The molecule has 1 heterocycles. The normalized spacial score (nSPS) is 20.4. The van der Waals surface area contributed by atoms with Crippen molar-refractivity contribution in [2.45, 2.75) is 30.1 Å². The number of ether oxygens (including phenoxy) is 1. The Morgan fingerprint density at radius 1 is 1.48 bits per heavy atom. The number of hydrogen-bond donors (Lipinski definition) is 1. The van der Waals surface area contributed by atoms with Crippen molar-refractivity contribution in [3.63, 3.8) is 0 Å². The molecule has 1 N–H and O–H groups in total. The quantitative estimate of drug-likeness (QED) is 0.889. The zero-order valence-corrected chi connectivity index (χ0v) is 13.9. The number of aliphatic hydroxyl groups excluding tert-OH is 1. The molecule has 0 spiro atoms. The van der Waals surface area contributed by atoms with E-state index in [4.69, 9.17) is 9.84 Å². The molecule has 2 rings (SSSR count).